The molecule has 0 aliphatic rings. The highest BCUT2D eigenvalue weighted by molar-refractivity contribution is 6.09. The number of hydrogen-bond acceptors (Lipinski definition) is 1. The lowest BCUT2D eigenvalue weighted by Gasteiger charge is -2.09. The lowest BCUT2D eigenvalue weighted by atomic mass is 10.2. The first-order valence-electron chi connectivity index (χ1n) is 7.15. The van der Waals surface area contributed by atoms with E-state index in [0.717, 1.165) is 5.69 Å². The number of anilines is 1. The quantitative estimate of drug-likeness (QED) is 0.553. The molecule has 2 nitrogen and oxygen atoms in total. The first kappa shape index (κ1) is 12.0. The maximum absolute atomic E-state index is 3.21. The highest BCUT2D eigenvalue weighted by Crippen LogP contribution is 2.32. The molecule has 21 heavy (non-hydrogen) atoms. The predicted octanol–water partition coefficient (Wildman–Crippen LogP) is 4.83. The van der Waals surface area contributed by atoms with E-state index in [1.54, 1.807) is 0 Å². The van der Waals surface area contributed by atoms with Crippen LogP contribution in [0, 0.1) is 0 Å². The monoisotopic (exact) mass is 272 g/mol. The second kappa shape index (κ2) is 4.67. The Hall–Kier alpha value is -2.74. The van der Waals surface area contributed by atoms with Gasteiger partial charge in [0.1, 0.15) is 0 Å². The van der Waals surface area contributed by atoms with E-state index < -0.39 is 0 Å². The van der Waals surface area contributed by atoms with Gasteiger partial charge in [-0.15, -0.1) is 0 Å². The lowest BCUT2D eigenvalue weighted by Crippen LogP contribution is -1.95. The molecule has 0 aliphatic carbocycles. The molecule has 0 atom stereocenters. The van der Waals surface area contributed by atoms with Gasteiger partial charge in [0.2, 0.25) is 0 Å². The highest BCUT2D eigenvalue weighted by Gasteiger charge is 2.10. The number of hydrogen-bond donors (Lipinski definition) is 1. The number of rotatable bonds is 2. The second-order valence-corrected chi connectivity index (χ2v) is 5.17. The summed E-state index contributed by atoms with van der Waals surface area (Å²) in [6.07, 6.45) is 0. The van der Waals surface area contributed by atoms with Crippen LogP contribution in [0.3, 0.4) is 0 Å². The van der Waals surface area contributed by atoms with Gasteiger partial charge in [-0.1, -0.05) is 42.5 Å². The van der Waals surface area contributed by atoms with Gasteiger partial charge in [0.15, 0.2) is 0 Å². The standard InChI is InChI=1S/C19H16N2/c1-20-14-7-6-8-15(13-14)21-18-11-4-2-9-16(18)17-10-3-5-12-19(17)21/h2-13,20H,1H3. The van der Waals surface area contributed by atoms with Gasteiger partial charge in [-0.3, -0.25) is 0 Å². The first-order valence-corrected chi connectivity index (χ1v) is 7.15. The summed E-state index contributed by atoms with van der Waals surface area (Å²) in [5, 5.41) is 5.80. The Kier molecular flexibility index (Phi) is 2.68. The molecule has 4 aromatic rings. The van der Waals surface area contributed by atoms with E-state index in [4.69, 9.17) is 0 Å². The fraction of sp³-hybridized carbons (Fsp3) is 0.0526. The van der Waals surface area contributed by atoms with E-state index in [9.17, 15) is 0 Å². The third kappa shape index (κ3) is 1.80. The Morgan fingerprint density at radius 3 is 1.95 bits per heavy atom. The summed E-state index contributed by atoms with van der Waals surface area (Å²) >= 11 is 0. The molecule has 0 fully saturated rings. The van der Waals surface area contributed by atoms with Crippen molar-refractivity contribution in [2.45, 2.75) is 0 Å². The summed E-state index contributed by atoms with van der Waals surface area (Å²) in [5.41, 5.74) is 4.78. The molecule has 0 amide bonds. The summed E-state index contributed by atoms with van der Waals surface area (Å²) in [6, 6.07) is 25.6. The van der Waals surface area contributed by atoms with Crippen LogP contribution in [0.25, 0.3) is 27.5 Å². The van der Waals surface area contributed by atoms with E-state index in [1.165, 1.54) is 27.5 Å². The Morgan fingerprint density at radius 1 is 0.714 bits per heavy atom. The Morgan fingerprint density at radius 2 is 1.33 bits per heavy atom. The SMILES string of the molecule is CNc1cccc(-n2c3ccccc3c3ccccc32)c1. The molecular weight excluding hydrogens is 256 g/mol. The second-order valence-electron chi connectivity index (χ2n) is 5.17. The molecule has 4 rings (SSSR count). The van der Waals surface area contributed by atoms with E-state index in [1.807, 2.05) is 7.05 Å². The Balaban J connectivity index is 2.14. The van der Waals surface area contributed by atoms with Crippen LogP contribution >= 0.6 is 0 Å². The zero-order chi connectivity index (χ0) is 14.2. The van der Waals surface area contributed by atoms with Crippen LogP contribution in [-0.4, -0.2) is 11.6 Å². The van der Waals surface area contributed by atoms with Gasteiger partial charge in [0.25, 0.3) is 0 Å². The van der Waals surface area contributed by atoms with E-state index in [0.29, 0.717) is 0 Å². The van der Waals surface area contributed by atoms with Gasteiger partial charge >= 0.3 is 0 Å². The molecule has 1 heterocycles. The van der Waals surface area contributed by atoms with Crippen molar-refractivity contribution in [1.82, 2.24) is 4.57 Å². The number of nitrogens with one attached hydrogen (secondary N) is 1. The summed E-state index contributed by atoms with van der Waals surface area (Å²) in [4.78, 5) is 0. The minimum Gasteiger partial charge on any atom is -0.388 e. The minimum absolute atomic E-state index is 1.12. The molecular formula is C19H16N2. The summed E-state index contributed by atoms with van der Waals surface area (Å²) in [7, 11) is 1.95. The lowest BCUT2D eigenvalue weighted by molar-refractivity contribution is 1.18. The molecule has 0 saturated heterocycles. The van der Waals surface area contributed by atoms with Gasteiger partial charge in [-0.05, 0) is 30.3 Å². The number of nitrogens with zero attached hydrogens (tertiary/aromatic N) is 1. The van der Waals surface area contributed by atoms with Crippen molar-refractivity contribution in [3.8, 4) is 5.69 Å². The number of aromatic nitrogens is 1. The van der Waals surface area contributed by atoms with Crippen molar-refractivity contribution in [1.29, 1.82) is 0 Å². The predicted molar refractivity (Wildman–Crippen MR) is 90.3 cm³/mol. The maximum atomic E-state index is 3.21. The molecule has 0 aliphatic heterocycles. The van der Waals surface area contributed by atoms with Gasteiger partial charge in [-0.25, -0.2) is 0 Å². The van der Waals surface area contributed by atoms with E-state index in [-0.39, 0.29) is 0 Å². The molecule has 1 N–H and O–H groups in total. The molecule has 0 spiro atoms. The van der Waals surface area contributed by atoms with Crippen LogP contribution in [0.2, 0.25) is 0 Å². The topological polar surface area (TPSA) is 17.0 Å². The van der Waals surface area contributed by atoms with E-state index in [2.05, 4.69) is 82.7 Å². The highest BCUT2D eigenvalue weighted by atomic mass is 15.0. The Bertz CT molecular complexity index is 881. The van der Waals surface area contributed by atoms with Crippen molar-refractivity contribution in [2.75, 3.05) is 12.4 Å². The average Bonchev–Trinajstić information content (AvgIpc) is 2.89. The summed E-state index contributed by atoms with van der Waals surface area (Å²) in [5.74, 6) is 0. The Labute approximate surface area is 123 Å². The molecule has 0 bridgehead atoms. The summed E-state index contributed by atoms with van der Waals surface area (Å²) in [6.45, 7) is 0. The molecule has 3 aromatic carbocycles. The van der Waals surface area contributed by atoms with Gasteiger partial charge in [0.05, 0.1) is 11.0 Å². The smallest absolute Gasteiger partial charge is 0.0541 e. The van der Waals surface area contributed by atoms with Crippen LogP contribution in [0.5, 0.6) is 0 Å². The zero-order valence-corrected chi connectivity index (χ0v) is 11.9. The van der Waals surface area contributed by atoms with Crippen LogP contribution < -0.4 is 5.32 Å². The van der Waals surface area contributed by atoms with Crippen molar-refractivity contribution < 1.29 is 0 Å². The van der Waals surface area contributed by atoms with Crippen molar-refractivity contribution in [3.05, 3.63) is 72.8 Å². The van der Waals surface area contributed by atoms with Crippen LogP contribution in [-0.2, 0) is 0 Å². The third-order valence-corrected chi connectivity index (χ3v) is 3.97. The normalized spacial score (nSPS) is 11.1. The minimum atomic E-state index is 1.12. The van der Waals surface area contributed by atoms with Gasteiger partial charge in [-0.2, -0.15) is 0 Å². The fourth-order valence-corrected chi connectivity index (χ4v) is 3.00. The summed E-state index contributed by atoms with van der Waals surface area (Å²) < 4.78 is 2.32. The largest absolute Gasteiger partial charge is 0.388 e. The van der Waals surface area contributed by atoms with E-state index >= 15 is 0 Å². The van der Waals surface area contributed by atoms with Crippen LogP contribution in [0.4, 0.5) is 5.69 Å². The first-order chi connectivity index (χ1) is 10.4. The van der Waals surface area contributed by atoms with Crippen molar-refractivity contribution in [3.63, 3.8) is 0 Å². The van der Waals surface area contributed by atoms with Crippen LogP contribution in [0.1, 0.15) is 0 Å². The van der Waals surface area contributed by atoms with Gasteiger partial charge in [0, 0.05) is 29.2 Å². The fourth-order valence-electron chi connectivity index (χ4n) is 3.00. The maximum Gasteiger partial charge on any atom is 0.0541 e. The third-order valence-electron chi connectivity index (χ3n) is 3.97. The molecule has 0 radical (unpaired) electrons. The van der Waals surface area contributed by atoms with Crippen molar-refractivity contribution >= 4 is 27.5 Å². The molecule has 0 saturated carbocycles. The zero-order valence-electron chi connectivity index (χ0n) is 11.9. The van der Waals surface area contributed by atoms with Crippen LogP contribution in [0.15, 0.2) is 72.8 Å². The number of benzene rings is 3. The number of para-hydroxylation sites is 2. The molecule has 102 valence electrons. The van der Waals surface area contributed by atoms with Crippen molar-refractivity contribution in [2.24, 2.45) is 0 Å². The number of fused-ring (bicyclic) bond motifs is 3. The molecule has 2 heteroatoms. The average molecular weight is 272 g/mol. The van der Waals surface area contributed by atoms with Gasteiger partial charge < -0.3 is 9.88 Å². The molecule has 1 aromatic heterocycles. The molecule has 0 unspecified atom stereocenters.